The molecule has 3 atom stereocenters. The molecule has 2 aliphatic rings. The van der Waals surface area contributed by atoms with Gasteiger partial charge in [-0.05, 0) is 54.8 Å². The first-order valence-corrected chi connectivity index (χ1v) is 7.79. The van der Waals surface area contributed by atoms with Crippen LogP contribution in [0, 0.1) is 25.2 Å². The van der Waals surface area contributed by atoms with E-state index in [1.54, 1.807) is 18.2 Å². The third-order valence-corrected chi connectivity index (χ3v) is 4.80. The van der Waals surface area contributed by atoms with Gasteiger partial charge < -0.3 is 20.0 Å². The zero-order chi connectivity index (χ0) is 17.0. The first-order chi connectivity index (χ1) is 11.5. The number of anilines is 1. The second-order valence-electron chi connectivity index (χ2n) is 6.41. The van der Waals surface area contributed by atoms with E-state index in [0.717, 1.165) is 27.9 Å². The van der Waals surface area contributed by atoms with E-state index < -0.39 is 18.1 Å². The van der Waals surface area contributed by atoms with E-state index in [2.05, 4.69) is 17.5 Å². The normalized spacial score (nSPS) is 23.1. The molecular weight excluding hydrogens is 304 g/mol. The van der Waals surface area contributed by atoms with E-state index in [4.69, 9.17) is 4.74 Å². The Morgan fingerprint density at radius 1 is 1.29 bits per heavy atom. The lowest BCUT2D eigenvalue weighted by atomic mass is 9.78. The van der Waals surface area contributed by atoms with Crippen LogP contribution in [0.4, 0.5) is 5.69 Å². The third kappa shape index (κ3) is 1.96. The van der Waals surface area contributed by atoms with E-state index in [9.17, 15) is 15.2 Å². The predicted molar refractivity (Wildman–Crippen MR) is 85.7 cm³/mol. The second-order valence-corrected chi connectivity index (χ2v) is 6.41. The number of aryl methyl sites for hydroxylation is 2. The number of carbonyl (C=O) groups is 1. The molecule has 4 rings (SSSR count). The van der Waals surface area contributed by atoms with Gasteiger partial charge in [-0.3, -0.25) is 0 Å². The van der Waals surface area contributed by atoms with Crippen LogP contribution in [0.2, 0.25) is 0 Å². The molecule has 0 radical (unpaired) electrons. The smallest absolute Gasteiger partial charge is 0.135 e. The zero-order valence-corrected chi connectivity index (χ0v) is 13.3. The summed E-state index contributed by atoms with van der Waals surface area (Å²) in [5.41, 5.74) is 5.34. The molecule has 5 heteroatoms. The fraction of sp³-hybridized carbons (Fsp3) is 0.263. The summed E-state index contributed by atoms with van der Waals surface area (Å²) < 4.78 is 5.93. The standard InChI is InChI=1S/C19H16N2O3/c1-9-5-10(2)15-13(6-9)21-17(19(22)23)18-16(15)12-7-11(8-20)3-4-14(12)24-18/h3-7,16-18,21H,1-2H3,(H,22,23)/p-1. The summed E-state index contributed by atoms with van der Waals surface area (Å²) in [6.45, 7) is 3.98. The second kappa shape index (κ2) is 5.00. The highest BCUT2D eigenvalue weighted by atomic mass is 16.5. The van der Waals surface area contributed by atoms with Crippen molar-refractivity contribution in [3.8, 4) is 11.8 Å². The van der Waals surface area contributed by atoms with Gasteiger partial charge in [-0.2, -0.15) is 5.26 Å². The number of nitriles is 1. The van der Waals surface area contributed by atoms with Gasteiger partial charge >= 0.3 is 0 Å². The minimum Gasteiger partial charge on any atom is -0.548 e. The molecule has 0 saturated carbocycles. The van der Waals surface area contributed by atoms with Crippen LogP contribution in [0.3, 0.4) is 0 Å². The molecule has 0 aromatic heterocycles. The zero-order valence-electron chi connectivity index (χ0n) is 13.3. The number of benzene rings is 2. The fourth-order valence-corrected chi connectivity index (χ4v) is 3.89. The van der Waals surface area contributed by atoms with Crippen LogP contribution in [0.15, 0.2) is 30.3 Å². The Balaban J connectivity index is 1.97. The summed E-state index contributed by atoms with van der Waals surface area (Å²) in [6, 6.07) is 10.4. The van der Waals surface area contributed by atoms with Gasteiger partial charge in [0.1, 0.15) is 17.9 Å². The van der Waals surface area contributed by atoms with Gasteiger partial charge in [0, 0.05) is 11.3 Å². The molecule has 0 bridgehead atoms. The molecule has 2 heterocycles. The van der Waals surface area contributed by atoms with Crippen LogP contribution >= 0.6 is 0 Å². The maximum atomic E-state index is 11.6. The van der Waals surface area contributed by atoms with Crippen molar-refractivity contribution in [2.75, 3.05) is 5.32 Å². The van der Waals surface area contributed by atoms with Gasteiger partial charge in [-0.1, -0.05) is 6.07 Å². The number of carbonyl (C=O) groups excluding carboxylic acids is 1. The van der Waals surface area contributed by atoms with Crippen molar-refractivity contribution in [3.63, 3.8) is 0 Å². The van der Waals surface area contributed by atoms with Gasteiger partial charge in [0.25, 0.3) is 0 Å². The maximum Gasteiger partial charge on any atom is 0.135 e. The number of ether oxygens (including phenoxy) is 1. The van der Waals surface area contributed by atoms with Crippen molar-refractivity contribution >= 4 is 11.7 Å². The van der Waals surface area contributed by atoms with E-state index in [1.165, 1.54) is 0 Å². The van der Waals surface area contributed by atoms with E-state index in [-0.39, 0.29) is 5.92 Å². The van der Waals surface area contributed by atoms with Crippen molar-refractivity contribution in [2.24, 2.45) is 0 Å². The minimum atomic E-state index is -1.19. The van der Waals surface area contributed by atoms with Gasteiger partial charge in [0.05, 0.1) is 23.5 Å². The summed E-state index contributed by atoms with van der Waals surface area (Å²) in [7, 11) is 0. The molecule has 5 nitrogen and oxygen atoms in total. The summed E-state index contributed by atoms with van der Waals surface area (Å²) in [5.74, 6) is -0.791. The fourth-order valence-electron chi connectivity index (χ4n) is 3.89. The number of fused-ring (bicyclic) bond motifs is 5. The monoisotopic (exact) mass is 319 g/mol. The summed E-state index contributed by atoms with van der Waals surface area (Å²) in [4.78, 5) is 11.6. The van der Waals surface area contributed by atoms with Crippen LogP contribution < -0.4 is 15.2 Å². The highest BCUT2D eigenvalue weighted by molar-refractivity contribution is 5.81. The molecule has 2 aliphatic heterocycles. The number of hydrogen-bond acceptors (Lipinski definition) is 5. The molecule has 0 fully saturated rings. The van der Waals surface area contributed by atoms with E-state index >= 15 is 0 Å². The average Bonchev–Trinajstić information content (AvgIpc) is 2.91. The van der Waals surface area contributed by atoms with Gasteiger partial charge in [-0.15, -0.1) is 0 Å². The van der Waals surface area contributed by atoms with Crippen molar-refractivity contribution in [2.45, 2.75) is 31.9 Å². The van der Waals surface area contributed by atoms with Gasteiger partial charge in [0.15, 0.2) is 0 Å². The maximum absolute atomic E-state index is 11.6. The first kappa shape index (κ1) is 14.6. The molecule has 0 aliphatic carbocycles. The molecule has 0 amide bonds. The molecule has 3 unspecified atom stereocenters. The van der Waals surface area contributed by atoms with Crippen LogP contribution in [0.25, 0.3) is 0 Å². The molecular formula is C19H15N2O3-. The molecule has 2 aromatic rings. The number of aliphatic carboxylic acids is 1. The largest absolute Gasteiger partial charge is 0.548 e. The Morgan fingerprint density at radius 3 is 2.79 bits per heavy atom. The lowest BCUT2D eigenvalue weighted by Crippen LogP contribution is -2.53. The van der Waals surface area contributed by atoms with Crippen molar-refractivity contribution in [1.82, 2.24) is 0 Å². The molecule has 0 saturated heterocycles. The molecule has 2 aromatic carbocycles. The average molecular weight is 319 g/mol. The number of carboxylic acid groups (broad SMARTS) is 1. The van der Waals surface area contributed by atoms with Gasteiger partial charge in [-0.25, -0.2) is 0 Å². The highest BCUT2D eigenvalue weighted by Crippen LogP contribution is 2.50. The van der Waals surface area contributed by atoms with Crippen molar-refractivity contribution < 1.29 is 14.6 Å². The molecule has 120 valence electrons. The lowest BCUT2D eigenvalue weighted by molar-refractivity contribution is -0.308. The summed E-state index contributed by atoms with van der Waals surface area (Å²) in [5, 5.41) is 23.9. The van der Waals surface area contributed by atoms with Crippen molar-refractivity contribution in [1.29, 1.82) is 5.26 Å². The van der Waals surface area contributed by atoms with E-state index in [1.807, 2.05) is 19.9 Å². The Labute approximate surface area is 139 Å². The van der Waals surface area contributed by atoms with Crippen LogP contribution in [0.5, 0.6) is 5.75 Å². The summed E-state index contributed by atoms with van der Waals surface area (Å²) >= 11 is 0. The molecule has 1 N–H and O–H groups in total. The number of carboxylic acids is 1. The topological polar surface area (TPSA) is 85.2 Å². The summed E-state index contributed by atoms with van der Waals surface area (Å²) in [6.07, 6.45) is -0.590. The van der Waals surface area contributed by atoms with Crippen LogP contribution in [-0.4, -0.2) is 18.1 Å². The number of nitrogens with one attached hydrogen (secondary N) is 1. The molecule has 0 spiro atoms. The van der Waals surface area contributed by atoms with E-state index in [0.29, 0.717) is 11.3 Å². The van der Waals surface area contributed by atoms with Crippen LogP contribution in [0.1, 0.15) is 33.7 Å². The van der Waals surface area contributed by atoms with Crippen LogP contribution in [-0.2, 0) is 4.79 Å². The first-order valence-electron chi connectivity index (χ1n) is 7.79. The third-order valence-electron chi connectivity index (χ3n) is 4.80. The molecule has 24 heavy (non-hydrogen) atoms. The predicted octanol–water partition coefficient (Wildman–Crippen LogP) is 1.61. The minimum absolute atomic E-state index is 0.229. The Hall–Kier alpha value is -3.00. The number of hydrogen-bond donors (Lipinski definition) is 1. The Bertz CT molecular complexity index is 914. The SMILES string of the molecule is Cc1cc(C)c2c(c1)NC(C(=O)[O-])C1Oc3ccc(C#N)cc3C21. The lowest BCUT2D eigenvalue weighted by Gasteiger charge is -2.37. The number of nitrogens with zero attached hydrogens (tertiary/aromatic N) is 1. The van der Waals surface area contributed by atoms with Gasteiger partial charge in [0.2, 0.25) is 0 Å². The Morgan fingerprint density at radius 2 is 2.08 bits per heavy atom. The highest BCUT2D eigenvalue weighted by Gasteiger charge is 2.46. The van der Waals surface area contributed by atoms with Crippen molar-refractivity contribution in [3.05, 3.63) is 58.1 Å². The Kier molecular flexibility index (Phi) is 3.04. The number of rotatable bonds is 1. The quantitative estimate of drug-likeness (QED) is 0.863.